The van der Waals surface area contributed by atoms with Crippen LogP contribution in [-0.2, 0) is 0 Å². The fourth-order valence-corrected chi connectivity index (χ4v) is 2.09. The summed E-state index contributed by atoms with van der Waals surface area (Å²) < 4.78 is 0. The molecule has 1 aliphatic heterocycles. The Morgan fingerprint density at radius 1 is 1.35 bits per heavy atom. The van der Waals surface area contributed by atoms with Crippen molar-refractivity contribution in [3.05, 3.63) is 18.1 Å². The maximum absolute atomic E-state index is 10.7. The molecule has 1 atom stereocenters. The van der Waals surface area contributed by atoms with Crippen molar-refractivity contribution >= 4 is 11.8 Å². The fourth-order valence-electron chi connectivity index (χ4n) is 2.09. The molecular formula is C12H17N3O2. The molecule has 0 aromatic carbocycles. The van der Waals surface area contributed by atoms with Gasteiger partial charge >= 0.3 is 5.97 Å². The zero-order chi connectivity index (χ0) is 12.3. The van der Waals surface area contributed by atoms with Gasteiger partial charge in [-0.15, -0.1) is 0 Å². The lowest BCUT2D eigenvalue weighted by Crippen LogP contribution is -2.25. The number of hydrogen-bond acceptors (Lipinski definition) is 4. The lowest BCUT2D eigenvalue weighted by Gasteiger charge is -2.20. The van der Waals surface area contributed by atoms with Gasteiger partial charge < -0.3 is 10.0 Å². The highest BCUT2D eigenvalue weighted by molar-refractivity contribution is 5.84. The molecule has 1 saturated heterocycles. The molecule has 5 nitrogen and oxygen atoms in total. The Morgan fingerprint density at radius 3 is 2.82 bits per heavy atom. The molecule has 0 spiro atoms. The Hall–Kier alpha value is -1.65. The highest BCUT2D eigenvalue weighted by Gasteiger charge is 2.15. The second kappa shape index (κ2) is 5.12. The van der Waals surface area contributed by atoms with E-state index in [2.05, 4.69) is 21.8 Å². The first kappa shape index (κ1) is 11.8. The van der Waals surface area contributed by atoms with Gasteiger partial charge in [0.05, 0.1) is 12.4 Å². The third-order valence-corrected chi connectivity index (χ3v) is 3.20. The SMILES string of the molecule is CC1CCCN(c2cnc(C(=O)O)cn2)CC1. The van der Waals surface area contributed by atoms with Crippen molar-refractivity contribution in [3.63, 3.8) is 0 Å². The summed E-state index contributed by atoms with van der Waals surface area (Å²) in [6, 6.07) is 0. The molecule has 5 heteroatoms. The Labute approximate surface area is 100 Å². The van der Waals surface area contributed by atoms with Gasteiger partial charge in [-0.05, 0) is 25.2 Å². The van der Waals surface area contributed by atoms with Crippen molar-refractivity contribution < 1.29 is 9.90 Å². The van der Waals surface area contributed by atoms with Gasteiger partial charge in [0.25, 0.3) is 0 Å². The van der Waals surface area contributed by atoms with Crippen LogP contribution in [0.4, 0.5) is 5.82 Å². The van der Waals surface area contributed by atoms with Crippen molar-refractivity contribution in [1.29, 1.82) is 0 Å². The minimum atomic E-state index is -1.03. The van der Waals surface area contributed by atoms with E-state index in [-0.39, 0.29) is 5.69 Å². The molecule has 1 N–H and O–H groups in total. The summed E-state index contributed by atoms with van der Waals surface area (Å²) in [4.78, 5) is 20.9. The number of aromatic nitrogens is 2. The van der Waals surface area contributed by atoms with Crippen LogP contribution in [0.2, 0.25) is 0 Å². The minimum Gasteiger partial charge on any atom is -0.476 e. The van der Waals surface area contributed by atoms with E-state index in [0.29, 0.717) is 0 Å². The molecule has 2 heterocycles. The van der Waals surface area contributed by atoms with Gasteiger partial charge in [0.2, 0.25) is 0 Å². The van der Waals surface area contributed by atoms with Crippen LogP contribution in [0.25, 0.3) is 0 Å². The number of rotatable bonds is 2. The summed E-state index contributed by atoms with van der Waals surface area (Å²) in [7, 11) is 0. The molecule has 0 saturated carbocycles. The summed E-state index contributed by atoms with van der Waals surface area (Å²) in [5, 5.41) is 8.75. The number of carboxylic acid groups (broad SMARTS) is 1. The van der Waals surface area contributed by atoms with Crippen molar-refractivity contribution in [2.24, 2.45) is 5.92 Å². The molecule has 1 aromatic rings. The number of carbonyl (C=O) groups is 1. The summed E-state index contributed by atoms with van der Waals surface area (Å²) in [5.41, 5.74) is -0.00283. The molecule has 0 amide bonds. The van der Waals surface area contributed by atoms with E-state index in [1.807, 2.05) is 0 Å². The first-order chi connectivity index (χ1) is 8.16. The van der Waals surface area contributed by atoms with Gasteiger partial charge in [-0.2, -0.15) is 0 Å². The summed E-state index contributed by atoms with van der Waals surface area (Å²) in [5.74, 6) is 0.504. The van der Waals surface area contributed by atoms with Crippen molar-refractivity contribution in [1.82, 2.24) is 9.97 Å². The Bertz CT molecular complexity index is 391. The molecule has 1 fully saturated rings. The van der Waals surface area contributed by atoms with Crippen molar-refractivity contribution in [2.75, 3.05) is 18.0 Å². The maximum Gasteiger partial charge on any atom is 0.356 e. The third-order valence-electron chi connectivity index (χ3n) is 3.20. The second-order valence-corrected chi connectivity index (χ2v) is 4.59. The van der Waals surface area contributed by atoms with Crippen LogP contribution in [-0.4, -0.2) is 34.1 Å². The molecule has 1 unspecified atom stereocenters. The molecule has 1 aromatic heterocycles. The largest absolute Gasteiger partial charge is 0.476 e. The van der Waals surface area contributed by atoms with E-state index in [0.717, 1.165) is 37.7 Å². The van der Waals surface area contributed by atoms with E-state index in [1.165, 1.54) is 12.6 Å². The number of carboxylic acids is 1. The van der Waals surface area contributed by atoms with E-state index < -0.39 is 5.97 Å². The van der Waals surface area contributed by atoms with Gasteiger partial charge in [-0.3, -0.25) is 0 Å². The Morgan fingerprint density at radius 2 is 2.18 bits per heavy atom. The van der Waals surface area contributed by atoms with Crippen LogP contribution in [0.5, 0.6) is 0 Å². The van der Waals surface area contributed by atoms with Crippen LogP contribution in [0.15, 0.2) is 12.4 Å². The molecule has 0 radical (unpaired) electrons. The lowest BCUT2D eigenvalue weighted by molar-refractivity contribution is 0.0690. The summed E-state index contributed by atoms with van der Waals surface area (Å²) >= 11 is 0. The van der Waals surface area contributed by atoms with E-state index in [4.69, 9.17) is 5.11 Å². The first-order valence-corrected chi connectivity index (χ1v) is 5.97. The average molecular weight is 235 g/mol. The quantitative estimate of drug-likeness (QED) is 0.846. The topological polar surface area (TPSA) is 66.3 Å². The number of anilines is 1. The molecule has 2 rings (SSSR count). The minimum absolute atomic E-state index is 0.00283. The van der Waals surface area contributed by atoms with E-state index in [1.54, 1.807) is 6.20 Å². The molecule has 0 bridgehead atoms. The van der Waals surface area contributed by atoms with Crippen LogP contribution in [0, 0.1) is 5.92 Å². The zero-order valence-corrected chi connectivity index (χ0v) is 9.96. The van der Waals surface area contributed by atoms with Gasteiger partial charge in [0.1, 0.15) is 5.82 Å². The predicted molar refractivity (Wildman–Crippen MR) is 64.2 cm³/mol. The molecule has 92 valence electrons. The Kier molecular flexibility index (Phi) is 3.56. The normalized spacial score (nSPS) is 21.0. The van der Waals surface area contributed by atoms with Crippen molar-refractivity contribution in [3.8, 4) is 0 Å². The molecule has 1 aliphatic rings. The molecule has 0 aliphatic carbocycles. The Balaban J connectivity index is 2.08. The van der Waals surface area contributed by atoms with E-state index in [9.17, 15) is 4.79 Å². The number of nitrogens with zero attached hydrogens (tertiary/aromatic N) is 3. The van der Waals surface area contributed by atoms with Gasteiger partial charge in [-0.25, -0.2) is 14.8 Å². The molecule has 17 heavy (non-hydrogen) atoms. The summed E-state index contributed by atoms with van der Waals surface area (Å²) in [6.07, 6.45) is 6.44. The maximum atomic E-state index is 10.7. The second-order valence-electron chi connectivity index (χ2n) is 4.59. The van der Waals surface area contributed by atoms with Crippen LogP contribution < -0.4 is 4.90 Å². The number of aromatic carboxylic acids is 1. The third kappa shape index (κ3) is 2.93. The van der Waals surface area contributed by atoms with Crippen LogP contribution in [0.1, 0.15) is 36.7 Å². The van der Waals surface area contributed by atoms with Crippen molar-refractivity contribution in [2.45, 2.75) is 26.2 Å². The first-order valence-electron chi connectivity index (χ1n) is 5.97. The highest BCUT2D eigenvalue weighted by atomic mass is 16.4. The van der Waals surface area contributed by atoms with Crippen LogP contribution >= 0.6 is 0 Å². The zero-order valence-electron chi connectivity index (χ0n) is 9.96. The smallest absolute Gasteiger partial charge is 0.356 e. The predicted octanol–water partition coefficient (Wildman–Crippen LogP) is 1.80. The monoisotopic (exact) mass is 235 g/mol. The average Bonchev–Trinajstić information content (AvgIpc) is 2.54. The highest BCUT2D eigenvalue weighted by Crippen LogP contribution is 2.20. The van der Waals surface area contributed by atoms with Gasteiger partial charge in [0, 0.05) is 13.1 Å². The van der Waals surface area contributed by atoms with E-state index >= 15 is 0 Å². The van der Waals surface area contributed by atoms with Crippen LogP contribution in [0.3, 0.4) is 0 Å². The standard InChI is InChI=1S/C12H17N3O2/c1-9-3-2-5-15(6-4-9)11-8-13-10(7-14-11)12(16)17/h7-9H,2-6H2,1H3,(H,16,17). The number of hydrogen-bond donors (Lipinski definition) is 1. The fraction of sp³-hybridized carbons (Fsp3) is 0.583. The van der Waals surface area contributed by atoms with Gasteiger partial charge in [0.15, 0.2) is 5.69 Å². The lowest BCUT2D eigenvalue weighted by atomic mass is 10.0. The van der Waals surface area contributed by atoms with Gasteiger partial charge in [-0.1, -0.05) is 6.92 Å². The molecular weight excluding hydrogens is 218 g/mol. The summed E-state index contributed by atoms with van der Waals surface area (Å²) in [6.45, 7) is 4.22.